The van der Waals surface area contributed by atoms with Crippen LogP contribution in [-0.2, 0) is 6.54 Å². The highest BCUT2D eigenvalue weighted by Gasteiger charge is 2.14. The summed E-state index contributed by atoms with van der Waals surface area (Å²) < 4.78 is 0. The zero-order chi connectivity index (χ0) is 25.5. The maximum absolute atomic E-state index is 12.7. The van der Waals surface area contributed by atoms with Crippen LogP contribution in [-0.4, -0.2) is 53.9 Å². The number of pyridine rings is 1. The van der Waals surface area contributed by atoms with Gasteiger partial charge < -0.3 is 10.2 Å². The number of piperazine rings is 1. The highest BCUT2D eigenvalue weighted by molar-refractivity contribution is 6.04. The number of likely N-dealkylation sites (N-methyl/N-ethyl adjacent to an activating group) is 1. The Hall–Kier alpha value is -3.46. The van der Waals surface area contributed by atoms with E-state index >= 15 is 0 Å². The summed E-state index contributed by atoms with van der Waals surface area (Å²) in [5.74, 6) is 6.02. The van der Waals surface area contributed by atoms with E-state index < -0.39 is 0 Å². The Morgan fingerprint density at radius 3 is 2.20 bits per heavy atom. The fraction of sp³-hybridized carbons (Fsp3) is 0.333. The van der Waals surface area contributed by atoms with Crippen molar-refractivity contribution in [2.45, 2.75) is 34.2 Å². The van der Waals surface area contributed by atoms with E-state index in [-0.39, 0.29) is 5.91 Å². The second-order valence-electron chi connectivity index (χ2n) is 7.80. The molecule has 0 saturated carbocycles. The molecule has 0 bridgehead atoms. The van der Waals surface area contributed by atoms with Gasteiger partial charge in [-0.1, -0.05) is 57.7 Å². The number of carbonyl (C=O) groups excluding carboxylic acids is 1. The molecule has 1 amide bonds. The normalized spacial score (nSPS) is 13.2. The molecule has 3 aromatic rings. The van der Waals surface area contributed by atoms with Crippen LogP contribution in [0.5, 0.6) is 0 Å². The van der Waals surface area contributed by atoms with Crippen LogP contribution in [0.4, 0.5) is 5.69 Å². The van der Waals surface area contributed by atoms with Crippen LogP contribution in [0.25, 0.3) is 0 Å². The van der Waals surface area contributed by atoms with Crippen LogP contribution < -0.4 is 5.32 Å². The smallest absolute Gasteiger partial charge is 0.255 e. The summed E-state index contributed by atoms with van der Waals surface area (Å²) in [7, 11) is 2.16. The minimum Gasteiger partial charge on any atom is -0.322 e. The van der Waals surface area contributed by atoms with Crippen molar-refractivity contribution in [3.63, 3.8) is 0 Å². The summed E-state index contributed by atoms with van der Waals surface area (Å²) in [5, 5.41) is 2.98. The lowest BCUT2D eigenvalue weighted by atomic mass is 10.1. The van der Waals surface area contributed by atoms with E-state index in [0.29, 0.717) is 5.56 Å². The lowest BCUT2D eigenvalue weighted by Crippen LogP contribution is -2.43. The fourth-order valence-electron chi connectivity index (χ4n) is 3.48. The van der Waals surface area contributed by atoms with Crippen LogP contribution in [0.15, 0.2) is 73.1 Å². The first-order valence-electron chi connectivity index (χ1n) is 12.5. The molecule has 35 heavy (non-hydrogen) atoms. The first-order chi connectivity index (χ1) is 17.2. The molecule has 4 rings (SSSR count). The molecule has 0 atom stereocenters. The van der Waals surface area contributed by atoms with Gasteiger partial charge >= 0.3 is 0 Å². The van der Waals surface area contributed by atoms with Crippen molar-refractivity contribution in [1.29, 1.82) is 0 Å². The zero-order valence-electron chi connectivity index (χ0n) is 21.7. The number of anilines is 1. The van der Waals surface area contributed by atoms with E-state index in [9.17, 15) is 4.79 Å². The largest absolute Gasteiger partial charge is 0.322 e. The van der Waals surface area contributed by atoms with E-state index in [1.165, 1.54) is 5.56 Å². The number of nitrogens with one attached hydrogen (secondary N) is 1. The van der Waals surface area contributed by atoms with Gasteiger partial charge in [0.25, 0.3) is 5.91 Å². The van der Waals surface area contributed by atoms with Crippen molar-refractivity contribution in [3.05, 3.63) is 95.3 Å². The summed E-state index contributed by atoms with van der Waals surface area (Å²) in [4.78, 5) is 21.6. The molecule has 1 N–H and O–H groups in total. The van der Waals surface area contributed by atoms with Crippen molar-refractivity contribution in [2.75, 3.05) is 38.5 Å². The molecular weight excluding hydrogens is 432 g/mol. The van der Waals surface area contributed by atoms with Crippen molar-refractivity contribution >= 4 is 11.6 Å². The van der Waals surface area contributed by atoms with Crippen molar-refractivity contribution in [2.24, 2.45) is 0 Å². The molecule has 1 aliphatic heterocycles. The summed E-state index contributed by atoms with van der Waals surface area (Å²) in [5.41, 5.74) is 4.27. The summed E-state index contributed by atoms with van der Waals surface area (Å²) in [6, 6.07) is 19.2. The third kappa shape index (κ3) is 9.36. The molecule has 1 saturated heterocycles. The van der Waals surface area contributed by atoms with Crippen LogP contribution in [0.3, 0.4) is 0 Å². The van der Waals surface area contributed by atoms with E-state index in [4.69, 9.17) is 0 Å². The van der Waals surface area contributed by atoms with E-state index in [2.05, 4.69) is 51.1 Å². The topological polar surface area (TPSA) is 48.5 Å². The Kier molecular flexibility index (Phi) is 12.3. The summed E-state index contributed by atoms with van der Waals surface area (Å²) >= 11 is 0. The number of rotatable bonds is 4. The third-order valence-corrected chi connectivity index (χ3v) is 5.35. The first-order valence-corrected chi connectivity index (χ1v) is 12.5. The number of hydrogen-bond donors (Lipinski definition) is 1. The Balaban J connectivity index is 0.00000103. The Morgan fingerprint density at radius 2 is 1.54 bits per heavy atom. The molecule has 0 radical (unpaired) electrons. The van der Waals surface area contributed by atoms with Gasteiger partial charge in [0.1, 0.15) is 0 Å². The number of amides is 1. The van der Waals surface area contributed by atoms with Crippen molar-refractivity contribution < 1.29 is 4.79 Å². The minimum atomic E-state index is -0.142. The van der Waals surface area contributed by atoms with E-state index in [1.807, 2.05) is 64.1 Å². The Morgan fingerprint density at radius 1 is 0.886 bits per heavy atom. The molecule has 5 nitrogen and oxygen atoms in total. The molecule has 1 aromatic heterocycles. The van der Waals surface area contributed by atoms with Gasteiger partial charge in [-0.2, -0.15) is 0 Å². The van der Waals surface area contributed by atoms with Gasteiger partial charge in [-0.15, -0.1) is 0 Å². The fourth-order valence-corrected chi connectivity index (χ4v) is 3.48. The molecule has 0 spiro atoms. The standard InChI is InChI=1S/C26H26N4O.2C2H6/c1-29-14-16-30(17-15-29)20-23-9-11-25(12-10-23)28-26(31)24-6-2-4-21(18-24)7-8-22-5-3-13-27-19-22;2*1-2/h2-6,9-13,18-19H,14-17,20H2,1H3,(H,28,31);2*1-2H3. The van der Waals surface area contributed by atoms with Gasteiger partial charge in [-0.05, 0) is 55.1 Å². The van der Waals surface area contributed by atoms with Crippen LogP contribution >= 0.6 is 0 Å². The summed E-state index contributed by atoms with van der Waals surface area (Å²) in [6.45, 7) is 13.4. The molecule has 0 unspecified atom stereocenters. The second kappa shape index (κ2) is 15.4. The minimum absolute atomic E-state index is 0.142. The number of carbonyl (C=O) groups is 1. The second-order valence-corrected chi connectivity index (χ2v) is 7.80. The van der Waals surface area contributed by atoms with Gasteiger partial charge in [-0.25, -0.2) is 0 Å². The number of aromatic nitrogens is 1. The van der Waals surface area contributed by atoms with Gasteiger partial charge in [0.15, 0.2) is 0 Å². The lowest BCUT2D eigenvalue weighted by Gasteiger charge is -2.32. The van der Waals surface area contributed by atoms with E-state index in [1.54, 1.807) is 24.5 Å². The van der Waals surface area contributed by atoms with Gasteiger partial charge in [-0.3, -0.25) is 14.7 Å². The quantitative estimate of drug-likeness (QED) is 0.509. The first kappa shape index (κ1) is 27.8. The molecule has 1 fully saturated rings. The average Bonchev–Trinajstić information content (AvgIpc) is 2.93. The molecular formula is C30H38N4O. The predicted molar refractivity (Wildman–Crippen MR) is 147 cm³/mol. The molecule has 1 aliphatic rings. The average molecular weight is 471 g/mol. The highest BCUT2D eigenvalue weighted by Crippen LogP contribution is 2.14. The SMILES string of the molecule is CC.CC.CN1CCN(Cc2ccc(NC(=O)c3cccc(C#Cc4cccnc4)c3)cc2)CC1. The molecule has 184 valence electrons. The Labute approximate surface area is 211 Å². The molecule has 0 aliphatic carbocycles. The van der Waals surface area contributed by atoms with E-state index in [0.717, 1.165) is 49.5 Å². The number of benzene rings is 2. The Bertz CT molecular complexity index is 1080. The molecule has 2 heterocycles. The van der Waals surface area contributed by atoms with Crippen LogP contribution in [0.1, 0.15) is 54.7 Å². The molecule has 2 aromatic carbocycles. The van der Waals surface area contributed by atoms with Crippen molar-refractivity contribution in [3.8, 4) is 11.8 Å². The van der Waals surface area contributed by atoms with Crippen molar-refractivity contribution in [1.82, 2.24) is 14.8 Å². The highest BCUT2D eigenvalue weighted by atomic mass is 16.1. The molecule has 5 heteroatoms. The third-order valence-electron chi connectivity index (χ3n) is 5.35. The number of hydrogen-bond acceptors (Lipinski definition) is 4. The maximum atomic E-state index is 12.7. The predicted octanol–water partition coefficient (Wildman–Crippen LogP) is 5.53. The van der Waals surface area contributed by atoms with Crippen LogP contribution in [0.2, 0.25) is 0 Å². The zero-order valence-corrected chi connectivity index (χ0v) is 21.7. The summed E-state index contributed by atoms with van der Waals surface area (Å²) in [6.07, 6.45) is 3.44. The van der Waals surface area contributed by atoms with Gasteiger partial charge in [0.05, 0.1) is 0 Å². The van der Waals surface area contributed by atoms with Gasteiger partial charge in [0.2, 0.25) is 0 Å². The number of nitrogens with zero attached hydrogens (tertiary/aromatic N) is 3. The maximum Gasteiger partial charge on any atom is 0.255 e. The van der Waals surface area contributed by atoms with Crippen LogP contribution in [0, 0.1) is 11.8 Å². The lowest BCUT2D eigenvalue weighted by molar-refractivity contribution is 0.102. The van der Waals surface area contributed by atoms with Gasteiger partial charge in [0, 0.05) is 67.5 Å². The monoisotopic (exact) mass is 470 g/mol.